The third-order valence-electron chi connectivity index (χ3n) is 4.09. The largest absolute Gasteiger partial charge is 0.294 e. The quantitative estimate of drug-likeness (QED) is 0.300. The van der Waals surface area contributed by atoms with Crippen molar-refractivity contribution in [3.63, 3.8) is 0 Å². The lowest BCUT2D eigenvalue weighted by Crippen LogP contribution is -2.26. The van der Waals surface area contributed by atoms with E-state index in [0.29, 0.717) is 0 Å². The van der Waals surface area contributed by atoms with E-state index in [4.69, 9.17) is 0 Å². The van der Waals surface area contributed by atoms with Gasteiger partial charge in [-0.25, -0.2) is 4.39 Å². The Morgan fingerprint density at radius 2 is 1.40 bits per heavy atom. The molecular formula is C18H33FO. The van der Waals surface area contributed by atoms with Gasteiger partial charge in [-0.3, -0.25) is 4.79 Å². The summed E-state index contributed by atoms with van der Waals surface area (Å²) in [4.78, 5) is 12.3. The standard InChI is InChI=1S/C18H33FO/c1-5-7-9-11-13-18(4,14-12-10-8-6-2)17(20)15-16(3)19/h15H,5-14H2,1-4H3/b16-15-. The Morgan fingerprint density at radius 1 is 0.950 bits per heavy atom. The second-order valence-corrected chi connectivity index (χ2v) is 6.28. The second kappa shape index (κ2) is 11.0. The molecule has 0 saturated carbocycles. The number of hydrogen-bond acceptors (Lipinski definition) is 1. The lowest BCUT2D eigenvalue weighted by molar-refractivity contribution is -0.124. The normalized spacial score (nSPS) is 12.8. The van der Waals surface area contributed by atoms with Crippen molar-refractivity contribution >= 4 is 5.78 Å². The molecule has 0 aliphatic rings. The van der Waals surface area contributed by atoms with E-state index >= 15 is 0 Å². The highest BCUT2D eigenvalue weighted by atomic mass is 19.1. The van der Waals surface area contributed by atoms with Gasteiger partial charge in [0.25, 0.3) is 0 Å². The Hall–Kier alpha value is -0.660. The molecule has 0 rings (SSSR count). The van der Waals surface area contributed by atoms with Crippen molar-refractivity contribution in [2.24, 2.45) is 5.41 Å². The summed E-state index contributed by atoms with van der Waals surface area (Å²) in [5.41, 5.74) is -0.366. The number of ketones is 1. The molecule has 0 heterocycles. The number of carbonyl (C=O) groups excluding carboxylic acids is 1. The topological polar surface area (TPSA) is 17.1 Å². The van der Waals surface area contributed by atoms with Crippen LogP contribution in [0.5, 0.6) is 0 Å². The van der Waals surface area contributed by atoms with Crippen molar-refractivity contribution in [2.75, 3.05) is 0 Å². The van der Waals surface area contributed by atoms with Crippen LogP contribution in [-0.2, 0) is 4.79 Å². The number of allylic oxidation sites excluding steroid dienone is 2. The van der Waals surface area contributed by atoms with Crippen molar-refractivity contribution in [3.05, 3.63) is 11.9 Å². The summed E-state index contributed by atoms with van der Waals surface area (Å²) in [6.07, 6.45) is 12.3. The number of halogens is 1. The zero-order valence-corrected chi connectivity index (χ0v) is 13.9. The average Bonchev–Trinajstić information content (AvgIpc) is 2.39. The molecule has 0 atom stereocenters. The Labute approximate surface area is 125 Å². The van der Waals surface area contributed by atoms with E-state index in [1.165, 1.54) is 51.5 Å². The molecule has 0 aliphatic heterocycles. The fourth-order valence-corrected chi connectivity index (χ4v) is 2.61. The molecule has 0 aromatic rings. The van der Waals surface area contributed by atoms with Gasteiger partial charge in [0, 0.05) is 11.5 Å². The maximum Gasteiger partial charge on any atom is 0.164 e. The summed E-state index contributed by atoms with van der Waals surface area (Å²) in [5.74, 6) is -0.395. The molecule has 0 bridgehead atoms. The van der Waals surface area contributed by atoms with E-state index in [2.05, 4.69) is 13.8 Å². The molecule has 0 amide bonds. The van der Waals surface area contributed by atoms with Crippen LogP contribution in [0.4, 0.5) is 4.39 Å². The van der Waals surface area contributed by atoms with Gasteiger partial charge in [0.1, 0.15) is 5.83 Å². The van der Waals surface area contributed by atoms with E-state index in [1.54, 1.807) is 0 Å². The van der Waals surface area contributed by atoms with Crippen LogP contribution < -0.4 is 0 Å². The summed E-state index contributed by atoms with van der Waals surface area (Å²) in [6.45, 7) is 7.74. The first kappa shape index (κ1) is 19.3. The SMILES string of the molecule is CCCCCCC(C)(CCCCCC)C(=O)/C=C(/C)F. The first-order chi connectivity index (χ1) is 9.46. The maximum atomic E-state index is 13.0. The number of unbranched alkanes of at least 4 members (excludes halogenated alkanes) is 6. The minimum Gasteiger partial charge on any atom is -0.294 e. The Kier molecular flexibility index (Phi) is 10.7. The number of carbonyl (C=O) groups is 1. The molecule has 0 aromatic heterocycles. The summed E-state index contributed by atoms with van der Waals surface area (Å²) in [7, 11) is 0. The molecule has 0 saturated heterocycles. The summed E-state index contributed by atoms with van der Waals surface area (Å²) in [6, 6.07) is 0. The fraction of sp³-hybridized carbons (Fsp3) is 0.833. The molecule has 1 nitrogen and oxygen atoms in total. The van der Waals surface area contributed by atoms with E-state index < -0.39 is 0 Å². The average molecular weight is 284 g/mol. The minimum atomic E-state index is -0.372. The first-order valence-corrected chi connectivity index (χ1v) is 8.34. The predicted octanol–water partition coefficient (Wildman–Crippen LogP) is 6.38. The van der Waals surface area contributed by atoms with Gasteiger partial charge in [0.05, 0.1) is 0 Å². The lowest BCUT2D eigenvalue weighted by Gasteiger charge is -2.27. The molecular weight excluding hydrogens is 251 g/mol. The number of rotatable bonds is 12. The van der Waals surface area contributed by atoms with Gasteiger partial charge in [-0.2, -0.15) is 0 Å². The second-order valence-electron chi connectivity index (χ2n) is 6.28. The van der Waals surface area contributed by atoms with Crippen LogP contribution in [0, 0.1) is 5.41 Å². The monoisotopic (exact) mass is 284 g/mol. The van der Waals surface area contributed by atoms with Crippen LogP contribution in [0.1, 0.15) is 91.9 Å². The molecule has 118 valence electrons. The molecule has 20 heavy (non-hydrogen) atoms. The molecule has 0 N–H and O–H groups in total. The van der Waals surface area contributed by atoms with Gasteiger partial charge in [-0.15, -0.1) is 0 Å². The Bertz CT molecular complexity index is 278. The predicted molar refractivity (Wildman–Crippen MR) is 85.5 cm³/mol. The highest BCUT2D eigenvalue weighted by Crippen LogP contribution is 2.33. The van der Waals surface area contributed by atoms with Crippen LogP contribution in [0.15, 0.2) is 11.9 Å². The van der Waals surface area contributed by atoms with Crippen molar-refractivity contribution in [3.8, 4) is 0 Å². The fourth-order valence-electron chi connectivity index (χ4n) is 2.61. The number of hydrogen-bond donors (Lipinski definition) is 0. The van der Waals surface area contributed by atoms with Crippen LogP contribution in [0.2, 0.25) is 0 Å². The minimum absolute atomic E-state index is 0.0227. The van der Waals surface area contributed by atoms with Crippen LogP contribution in [0.3, 0.4) is 0 Å². The molecule has 2 heteroatoms. The van der Waals surface area contributed by atoms with Crippen LogP contribution >= 0.6 is 0 Å². The van der Waals surface area contributed by atoms with E-state index in [-0.39, 0.29) is 17.0 Å². The van der Waals surface area contributed by atoms with Crippen LogP contribution in [0.25, 0.3) is 0 Å². The van der Waals surface area contributed by atoms with Crippen LogP contribution in [-0.4, -0.2) is 5.78 Å². The molecule has 0 fully saturated rings. The molecule has 0 spiro atoms. The molecule has 0 radical (unpaired) electrons. The van der Waals surface area contributed by atoms with E-state index in [9.17, 15) is 9.18 Å². The van der Waals surface area contributed by atoms with E-state index in [1.807, 2.05) is 6.92 Å². The molecule has 0 aliphatic carbocycles. The summed E-state index contributed by atoms with van der Waals surface area (Å²) < 4.78 is 13.0. The zero-order chi connectivity index (χ0) is 15.4. The smallest absolute Gasteiger partial charge is 0.164 e. The highest BCUT2D eigenvalue weighted by Gasteiger charge is 2.30. The summed E-state index contributed by atoms with van der Waals surface area (Å²) in [5, 5.41) is 0. The van der Waals surface area contributed by atoms with Gasteiger partial charge in [-0.1, -0.05) is 72.1 Å². The zero-order valence-electron chi connectivity index (χ0n) is 13.9. The highest BCUT2D eigenvalue weighted by molar-refractivity contribution is 5.94. The lowest BCUT2D eigenvalue weighted by atomic mass is 9.76. The van der Waals surface area contributed by atoms with Crippen molar-refractivity contribution in [1.82, 2.24) is 0 Å². The van der Waals surface area contributed by atoms with Gasteiger partial charge >= 0.3 is 0 Å². The Morgan fingerprint density at radius 3 is 1.75 bits per heavy atom. The molecule has 0 aromatic carbocycles. The van der Waals surface area contributed by atoms with Crippen molar-refractivity contribution in [2.45, 2.75) is 91.9 Å². The molecule has 0 unspecified atom stereocenters. The third kappa shape index (κ3) is 8.50. The first-order valence-electron chi connectivity index (χ1n) is 8.34. The van der Waals surface area contributed by atoms with Crippen molar-refractivity contribution in [1.29, 1.82) is 0 Å². The van der Waals surface area contributed by atoms with Gasteiger partial charge in [-0.05, 0) is 19.8 Å². The van der Waals surface area contributed by atoms with Gasteiger partial charge in [0.2, 0.25) is 0 Å². The van der Waals surface area contributed by atoms with Gasteiger partial charge < -0.3 is 0 Å². The third-order valence-corrected chi connectivity index (χ3v) is 4.09. The summed E-state index contributed by atoms with van der Waals surface area (Å²) >= 11 is 0. The van der Waals surface area contributed by atoms with Crippen molar-refractivity contribution < 1.29 is 9.18 Å². The van der Waals surface area contributed by atoms with E-state index in [0.717, 1.165) is 25.7 Å². The van der Waals surface area contributed by atoms with Gasteiger partial charge in [0.15, 0.2) is 5.78 Å². The Balaban J connectivity index is 4.49. The maximum absolute atomic E-state index is 13.0.